The van der Waals surface area contributed by atoms with Gasteiger partial charge in [-0.3, -0.25) is 19.8 Å². The summed E-state index contributed by atoms with van der Waals surface area (Å²) >= 11 is 0. The number of aromatic nitrogens is 2. The number of hydrogen-bond acceptors (Lipinski definition) is 2. The first-order valence-electron chi connectivity index (χ1n) is 3.68. The quantitative estimate of drug-likeness (QED) is 0.570. The maximum absolute atomic E-state index is 11.1. The molecular formula is C8H7N3O2. The van der Waals surface area contributed by atoms with Crippen molar-refractivity contribution in [3.63, 3.8) is 0 Å². The fraction of sp³-hybridized carbons (Fsp3) is 0. The molecule has 5 heteroatoms. The topological polar surface area (TPSA) is 91.7 Å². The van der Waals surface area contributed by atoms with E-state index in [4.69, 9.17) is 5.73 Å². The summed E-state index contributed by atoms with van der Waals surface area (Å²) in [6, 6.07) is 4.66. The number of aromatic amines is 2. The molecule has 5 nitrogen and oxygen atoms in total. The van der Waals surface area contributed by atoms with Gasteiger partial charge < -0.3 is 5.73 Å². The van der Waals surface area contributed by atoms with E-state index in [0.717, 1.165) is 0 Å². The highest BCUT2D eigenvalue weighted by atomic mass is 16.1. The van der Waals surface area contributed by atoms with Crippen molar-refractivity contribution in [2.45, 2.75) is 0 Å². The number of carbonyl (C=O) groups is 1. The van der Waals surface area contributed by atoms with E-state index < -0.39 is 5.91 Å². The number of carbonyl (C=O) groups excluding carboxylic acids is 1. The van der Waals surface area contributed by atoms with E-state index in [2.05, 4.69) is 10.2 Å². The molecule has 0 saturated carbocycles. The molecule has 1 aromatic carbocycles. The lowest BCUT2D eigenvalue weighted by molar-refractivity contribution is 0.100. The van der Waals surface area contributed by atoms with Gasteiger partial charge in [0.2, 0.25) is 5.91 Å². The molecular weight excluding hydrogens is 170 g/mol. The number of nitrogens with one attached hydrogen (secondary N) is 2. The number of hydrogen-bond donors (Lipinski definition) is 3. The van der Waals surface area contributed by atoms with Crippen LogP contribution in [0.2, 0.25) is 0 Å². The van der Waals surface area contributed by atoms with Crippen LogP contribution in [0.3, 0.4) is 0 Å². The Morgan fingerprint density at radius 2 is 2.08 bits per heavy atom. The van der Waals surface area contributed by atoms with Gasteiger partial charge in [0.25, 0.3) is 5.56 Å². The second-order valence-corrected chi connectivity index (χ2v) is 2.70. The van der Waals surface area contributed by atoms with Crippen molar-refractivity contribution in [2.75, 3.05) is 0 Å². The minimum Gasteiger partial charge on any atom is -0.366 e. The van der Waals surface area contributed by atoms with Crippen LogP contribution in [0.4, 0.5) is 0 Å². The highest BCUT2D eigenvalue weighted by Gasteiger charge is 2.04. The fourth-order valence-corrected chi connectivity index (χ4v) is 1.19. The van der Waals surface area contributed by atoms with Crippen LogP contribution in [-0.4, -0.2) is 16.1 Å². The van der Waals surface area contributed by atoms with Gasteiger partial charge in [-0.1, -0.05) is 0 Å². The summed E-state index contributed by atoms with van der Waals surface area (Å²) < 4.78 is 0. The predicted molar refractivity (Wildman–Crippen MR) is 47.4 cm³/mol. The summed E-state index contributed by atoms with van der Waals surface area (Å²) in [5.74, 6) is -0.539. The van der Waals surface area contributed by atoms with E-state index in [1.54, 1.807) is 12.1 Å². The second kappa shape index (κ2) is 2.48. The summed E-state index contributed by atoms with van der Waals surface area (Å²) in [5.41, 5.74) is 5.80. The third kappa shape index (κ3) is 1.10. The number of amides is 1. The van der Waals surface area contributed by atoms with Crippen LogP contribution in [0.1, 0.15) is 10.4 Å². The summed E-state index contributed by atoms with van der Waals surface area (Å²) in [4.78, 5) is 21.9. The molecule has 0 radical (unpaired) electrons. The number of primary amides is 1. The zero-order chi connectivity index (χ0) is 9.42. The zero-order valence-corrected chi connectivity index (χ0v) is 6.63. The average molecular weight is 177 g/mol. The largest absolute Gasteiger partial charge is 0.366 e. The predicted octanol–water partition coefficient (Wildman–Crippen LogP) is -0.0449. The van der Waals surface area contributed by atoms with E-state index in [-0.39, 0.29) is 5.56 Å². The molecule has 2 aromatic rings. The molecule has 0 atom stereocenters. The minimum absolute atomic E-state index is 0.252. The highest BCUT2D eigenvalue weighted by molar-refractivity contribution is 5.96. The molecule has 0 fully saturated rings. The summed E-state index contributed by atoms with van der Waals surface area (Å²) in [6.45, 7) is 0. The second-order valence-electron chi connectivity index (χ2n) is 2.70. The number of rotatable bonds is 1. The molecule has 4 N–H and O–H groups in total. The number of nitrogens with two attached hydrogens (primary N) is 1. The Balaban J connectivity index is 2.80. The maximum Gasteiger partial charge on any atom is 0.271 e. The molecule has 1 heterocycles. The molecule has 0 aliphatic heterocycles. The molecule has 1 aromatic heterocycles. The first kappa shape index (κ1) is 7.60. The van der Waals surface area contributed by atoms with Crippen molar-refractivity contribution < 1.29 is 4.79 Å². The van der Waals surface area contributed by atoms with Crippen molar-refractivity contribution in [2.24, 2.45) is 5.73 Å². The Kier molecular flexibility index (Phi) is 1.45. The van der Waals surface area contributed by atoms with Crippen molar-refractivity contribution in [3.8, 4) is 0 Å². The Morgan fingerprint density at radius 3 is 2.77 bits per heavy atom. The van der Waals surface area contributed by atoms with E-state index >= 15 is 0 Å². The van der Waals surface area contributed by atoms with Gasteiger partial charge in [-0.05, 0) is 18.2 Å². The van der Waals surface area contributed by atoms with Crippen molar-refractivity contribution in [1.29, 1.82) is 0 Å². The van der Waals surface area contributed by atoms with Gasteiger partial charge in [-0.2, -0.15) is 0 Å². The lowest BCUT2D eigenvalue weighted by Gasteiger charge is -1.92. The third-order valence-electron chi connectivity index (χ3n) is 1.86. The fourth-order valence-electron chi connectivity index (χ4n) is 1.19. The monoisotopic (exact) mass is 177 g/mol. The molecule has 0 spiro atoms. The van der Waals surface area contributed by atoms with Gasteiger partial charge in [-0.25, -0.2) is 0 Å². The molecule has 1 amide bonds. The van der Waals surface area contributed by atoms with Crippen LogP contribution in [0.15, 0.2) is 23.0 Å². The first-order valence-corrected chi connectivity index (χ1v) is 3.68. The van der Waals surface area contributed by atoms with Gasteiger partial charge in [0.05, 0.1) is 10.9 Å². The molecule has 0 bridgehead atoms. The summed E-state index contributed by atoms with van der Waals surface area (Å²) in [7, 11) is 0. The minimum atomic E-state index is -0.539. The Morgan fingerprint density at radius 1 is 1.31 bits per heavy atom. The standard InChI is InChI=1S/C8H7N3O2/c9-7(12)4-1-2-6-5(3-4)8(13)11-10-6/h1-3H,(H2,9,12)(H2,10,11,13). The highest BCUT2D eigenvalue weighted by Crippen LogP contribution is 2.08. The summed E-state index contributed by atoms with van der Waals surface area (Å²) in [5, 5.41) is 5.52. The molecule has 0 unspecified atom stereocenters. The van der Waals surface area contributed by atoms with Crippen LogP contribution in [0, 0.1) is 0 Å². The molecule has 0 aliphatic carbocycles. The Hall–Kier alpha value is -2.04. The SMILES string of the molecule is NC(=O)c1ccc2[nH][nH]c(=O)c2c1. The van der Waals surface area contributed by atoms with Crippen molar-refractivity contribution >= 4 is 16.8 Å². The third-order valence-corrected chi connectivity index (χ3v) is 1.86. The van der Waals surface area contributed by atoms with Gasteiger partial charge in [0.15, 0.2) is 0 Å². The van der Waals surface area contributed by atoms with Crippen LogP contribution in [0.5, 0.6) is 0 Å². The molecule has 66 valence electrons. The van der Waals surface area contributed by atoms with Gasteiger partial charge in [-0.15, -0.1) is 0 Å². The number of fused-ring (bicyclic) bond motifs is 1. The summed E-state index contributed by atoms with van der Waals surface area (Å²) in [6.07, 6.45) is 0. The molecule has 2 rings (SSSR count). The van der Waals surface area contributed by atoms with E-state index in [0.29, 0.717) is 16.5 Å². The van der Waals surface area contributed by atoms with Crippen LogP contribution < -0.4 is 11.3 Å². The van der Waals surface area contributed by atoms with Gasteiger partial charge in [0, 0.05) is 5.56 Å². The van der Waals surface area contributed by atoms with E-state index in [9.17, 15) is 9.59 Å². The van der Waals surface area contributed by atoms with Crippen LogP contribution in [0.25, 0.3) is 10.9 Å². The number of H-pyrrole nitrogens is 2. The normalized spacial score (nSPS) is 10.5. The van der Waals surface area contributed by atoms with Crippen LogP contribution in [-0.2, 0) is 0 Å². The maximum atomic E-state index is 11.1. The lowest BCUT2D eigenvalue weighted by atomic mass is 10.1. The Bertz CT molecular complexity index is 523. The average Bonchev–Trinajstić information content (AvgIpc) is 2.47. The first-order chi connectivity index (χ1) is 6.18. The number of benzene rings is 1. The van der Waals surface area contributed by atoms with E-state index in [1.165, 1.54) is 6.07 Å². The Labute approximate surface area is 72.5 Å². The molecule has 13 heavy (non-hydrogen) atoms. The van der Waals surface area contributed by atoms with Gasteiger partial charge in [0.1, 0.15) is 0 Å². The van der Waals surface area contributed by atoms with Crippen molar-refractivity contribution in [3.05, 3.63) is 34.1 Å². The lowest BCUT2D eigenvalue weighted by Crippen LogP contribution is -2.11. The molecule has 0 saturated heterocycles. The van der Waals surface area contributed by atoms with E-state index in [1.807, 2.05) is 0 Å². The van der Waals surface area contributed by atoms with Crippen molar-refractivity contribution in [1.82, 2.24) is 10.2 Å². The smallest absolute Gasteiger partial charge is 0.271 e. The van der Waals surface area contributed by atoms with Gasteiger partial charge >= 0.3 is 0 Å². The van der Waals surface area contributed by atoms with Crippen LogP contribution >= 0.6 is 0 Å². The molecule has 0 aliphatic rings. The zero-order valence-electron chi connectivity index (χ0n) is 6.63.